The van der Waals surface area contributed by atoms with Crippen LogP contribution >= 0.6 is 0 Å². The first kappa shape index (κ1) is 14.9. The van der Waals surface area contributed by atoms with Gasteiger partial charge >= 0.3 is 0 Å². The molecule has 0 radical (unpaired) electrons. The van der Waals surface area contributed by atoms with Gasteiger partial charge in [-0.3, -0.25) is 4.68 Å². The van der Waals surface area contributed by atoms with Crippen LogP contribution in [-0.4, -0.2) is 47.6 Å². The maximum atomic E-state index is 6.09. The summed E-state index contributed by atoms with van der Waals surface area (Å²) >= 11 is 0. The number of fused-ring (bicyclic) bond motifs is 1. The molecular formula is C15H21N9. The van der Waals surface area contributed by atoms with E-state index in [1.165, 1.54) is 0 Å². The molecule has 9 nitrogen and oxygen atoms in total. The van der Waals surface area contributed by atoms with Crippen molar-refractivity contribution >= 4 is 22.8 Å². The lowest BCUT2D eigenvalue weighted by Gasteiger charge is -2.32. The third-order valence-corrected chi connectivity index (χ3v) is 4.67. The maximum Gasteiger partial charge on any atom is 0.229 e. The molecule has 0 amide bonds. The number of rotatable bonds is 3. The minimum atomic E-state index is 0.327. The molecule has 0 bridgehead atoms. The number of piperidine rings is 1. The highest BCUT2D eigenvalue weighted by Gasteiger charge is 2.27. The van der Waals surface area contributed by atoms with Crippen LogP contribution in [0.3, 0.4) is 0 Å². The van der Waals surface area contributed by atoms with Gasteiger partial charge in [0.25, 0.3) is 0 Å². The summed E-state index contributed by atoms with van der Waals surface area (Å²) in [5.41, 5.74) is 6.85. The van der Waals surface area contributed by atoms with E-state index in [-0.39, 0.29) is 0 Å². The topological polar surface area (TPSA) is 104 Å². The summed E-state index contributed by atoms with van der Waals surface area (Å²) < 4.78 is 3.83. The predicted octanol–water partition coefficient (Wildman–Crippen LogP) is 0.941. The van der Waals surface area contributed by atoms with Gasteiger partial charge in [0.15, 0.2) is 5.65 Å². The molecule has 0 unspecified atom stereocenters. The fourth-order valence-electron chi connectivity index (χ4n) is 3.37. The number of hydrogen-bond donors (Lipinski definition) is 1. The smallest absolute Gasteiger partial charge is 0.229 e. The van der Waals surface area contributed by atoms with Gasteiger partial charge in [0.2, 0.25) is 5.95 Å². The molecule has 4 rings (SSSR count). The van der Waals surface area contributed by atoms with Crippen molar-refractivity contribution in [2.24, 2.45) is 7.05 Å². The molecule has 1 aliphatic rings. The first-order valence-corrected chi connectivity index (χ1v) is 8.25. The second-order valence-electron chi connectivity index (χ2n) is 6.17. The zero-order valence-electron chi connectivity index (χ0n) is 13.9. The molecular weight excluding hydrogens is 306 g/mol. The lowest BCUT2D eigenvalue weighted by molar-refractivity contribution is 0.469. The Morgan fingerprint density at radius 1 is 1.33 bits per heavy atom. The van der Waals surface area contributed by atoms with Gasteiger partial charge in [0.05, 0.1) is 11.6 Å². The summed E-state index contributed by atoms with van der Waals surface area (Å²) in [6.07, 6.45) is 5.66. The third-order valence-electron chi connectivity index (χ3n) is 4.67. The van der Waals surface area contributed by atoms with Crippen molar-refractivity contribution in [2.45, 2.75) is 32.2 Å². The zero-order chi connectivity index (χ0) is 16.7. The van der Waals surface area contributed by atoms with Gasteiger partial charge in [-0.1, -0.05) is 0 Å². The van der Waals surface area contributed by atoms with Crippen molar-refractivity contribution in [3.63, 3.8) is 0 Å². The molecule has 1 fully saturated rings. The molecule has 0 spiro atoms. The quantitative estimate of drug-likeness (QED) is 0.763. The Morgan fingerprint density at radius 3 is 3.04 bits per heavy atom. The normalized spacial score (nSPS) is 18.4. The number of hydrogen-bond acceptors (Lipinski definition) is 7. The molecule has 24 heavy (non-hydrogen) atoms. The Kier molecular flexibility index (Phi) is 3.55. The Hall–Kier alpha value is -2.71. The van der Waals surface area contributed by atoms with E-state index < -0.39 is 0 Å². The molecule has 9 heteroatoms. The van der Waals surface area contributed by atoms with Crippen LogP contribution in [0.25, 0.3) is 11.0 Å². The second kappa shape index (κ2) is 5.73. The first-order chi connectivity index (χ1) is 11.7. The maximum absolute atomic E-state index is 6.09. The number of anilines is 2. The molecule has 2 N–H and O–H groups in total. The highest BCUT2D eigenvalue weighted by atomic mass is 15.3. The highest BCUT2D eigenvalue weighted by Crippen LogP contribution is 2.29. The molecule has 126 valence electrons. The highest BCUT2D eigenvalue weighted by molar-refractivity contribution is 5.86. The second-order valence-corrected chi connectivity index (χ2v) is 6.17. The molecule has 1 atom stereocenters. The molecule has 0 saturated carbocycles. The summed E-state index contributed by atoms with van der Waals surface area (Å²) in [6.45, 7) is 4.72. The average Bonchev–Trinajstić information content (AvgIpc) is 3.22. The minimum Gasteiger partial charge on any atom is -0.383 e. The Balaban J connectivity index is 1.66. The summed E-state index contributed by atoms with van der Waals surface area (Å²) in [5.74, 6) is 2.50. The van der Waals surface area contributed by atoms with Gasteiger partial charge in [-0.15, -0.1) is 10.2 Å². The van der Waals surface area contributed by atoms with E-state index in [4.69, 9.17) is 5.73 Å². The number of nitrogen functional groups attached to an aromatic ring is 1. The van der Waals surface area contributed by atoms with E-state index in [1.54, 1.807) is 17.2 Å². The standard InChI is InChI=1S/C15H21N9/c1-3-23-9-17-21-13(23)10-5-4-6-24(8-10)15-19-12(16)11-7-18-22(2)14(11)20-15/h7,9-10H,3-6,8H2,1-2H3,(H2,16,19,20)/t10-/m1/s1. The van der Waals surface area contributed by atoms with Crippen LogP contribution in [-0.2, 0) is 13.6 Å². The van der Waals surface area contributed by atoms with Crippen molar-refractivity contribution in [1.82, 2.24) is 34.5 Å². The van der Waals surface area contributed by atoms with Gasteiger partial charge in [0.1, 0.15) is 18.0 Å². The summed E-state index contributed by atoms with van der Waals surface area (Å²) in [6, 6.07) is 0. The molecule has 1 saturated heterocycles. The summed E-state index contributed by atoms with van der Waals surface area (Å²) in [5, 5.41) is 13.4. The van der Waals surface area contributed by atoms with Crippen molar-refractivity contribution < 1.29 is 0 Å². The molecule has 0 aromatic carbocycles. The van der Waals surface area contributed by atoms with Gasteiger partial charge in [-0.05, 0) is 19.8 Å². The SMILES string of the molecule is CCn1cnnc1[C@@H]1CCCN(c2nc(N)c3cnn(C)c3n2)C1. The minimum absolute atomic E-state index is 0.327. The molecule has 0 aliphatic carbocycles. The van der Waals surface area contributed by atoms with Crippen LogP contribution in [0.1, 0.15) is 31.5 Å². The number of nitrogens with zero attached hydrogens (tertiary/aromatic N) is 8. The Morgan fingerprint density at radius 2 is 2.21 bits per heavy atom. The van der Waals surface area contributed by atoms with Gasteiger partial charge in [-0.25, -0.2) is 0 Å². The number of aromatic nitrogens is 7. The largest absolute Gasteiger partial charge is 0.383 e. The average molecular weight is 327 g/mol. The van der Waals surface area contributed by atoms with Crippen LogP contribution in [0.15, 0.2) is 12.5 Å². The molecule has 4 heterocycles. The lowest BCUT2D eigenvalue weighted by atomic mass is 9.97. The van der Waals surface area contributed by atoms with E-state index in [0.29, 0.717) is 17.7 Å². The van der Waals surface area contributed by atoms with Crippen LogP contribution < -0.4 is 10.6 Å². The zero-order valence-corrected chi connectivity index (χ0v) is 13.9. The monoisotopic (exact) mass is 327 g/mol. The fourth-order valence-corrected chi connectivity index (χ4v) is 3.37. The molecule has 3 aromatic rings. The van der Waals surface area contributed by atoms with Crippen molar-refractivity contribution in [3.05, 3.63) is 18.3 Å². The first-order valence-electron chi connectivity index (χ1n) is 8.25. The fraction of sp³-hybridized carbons (Fsp3) is 0.533. The van der Waals surface area contributed by atoms with Crippen LogP contribution in [0.2, 0.25) is 0 Å². The van der Waals surface area contributed by atoms with Gasteiger partial charge < -0.3 is 15.2 Å². The molecule has 3 aromatic heterocycles. The van der Waals surface area contributed by atoms with E-state index >= 15 is 0 Å². The Bertz CT molecular complexity index is 865. The van der Waals surface area contributed by atoms with Gasteiger partial charge in [-0.2, -0.15) is 15.1 Å². The van der Waals surface area contributed by atoms with Gasteiger partial charge in [0, 0.05) is 32.6 Å². The summed E-state index contributed by atoms with van der Waals surface area (Å²) in [4.78, 5) is 11.3. The lowest BCUT2D eigenvalue weighted by Crippen LogP contribution is -2.36. The van der Waals surface area contributed by atoms with Crippen molar-refractivity contribution in [1.29, 1.82) is 0 Å². The number of nitrogens with two attached hydrogens (primary N) is 1. The number of aryl methyl sites for hydroxylation is 2. The summed E-state index contributed by atoms with van der Waals surface area (Å²) in [7, 11) is 1.86. The Labute approximate surface area is 139 Å². The molecule has 1 aliphatic heterocycles. The predicted molar refractivity (Wildman–Crippen MR) is 90.6 cm³/mol. The van der Waals surface area contributed by atoms with E-state index in [0.717, 1.165) is 49.3 Å². The van der Waals surface area contributed by atoms with Crippen molar-refractivity contribution in [2.75, 3.05) is 23.7 Å². The van der Waals surface area contributed by atoms with Crippen LogP contribution in [0.5, 0.6) is 0 Å². The van der Waals surface area contributed by atoms with Crippen LogP contribution in [0, 0.1) is 0 Å². The van der Waals surface area contributed by atoms with E-state index in [9.17, 15) is 0 Å². The van der Waals surface area contributed by atoms with Crippen molar-refractivity contribution in [3.8, 4) is 0 Å². The van der Waals surface area contributed by atoms with E-state index in [2.05, 4.69) is 41.7 Å². The van der Waals surface area contributed by atoms with Crippen LogP contribution in [0.4, 0.5) is 11.8 Å². The van der Waals surface area contributed by atoms with E-state index in [1.807, 2.05) is 7.05 Å². The third kappa shape index (κ3) is 2.36.